The van der Waals surface area contributed by atoms with Gasteiger partial charge < -0.3 is 4.74 Å². The number of thioether (sulfide) groups is 1. The lowest BCUT2D eigenvalue weighted by Gasteiger charge is -2.22. The van der Waals surface area contributed by atoms with Crippen molar-refractivity contribution in [1.29, 1.82) is 5.26 Å². The van der Waals surface area contributed by atoms with Crippen molar-refractivity contribution in [3.63, 3.8) is 0 Å². The standard InChI is InChI=1S/C17H24N2OS/c1-17(2)8-10-19(12-14-21-17)11-13-20-16-5-3-15(4-6-16)7-9-18/h3-6H,7-8,10-14H2,1-2H3. The minimum absolute atomic E-state index is 0.409. The SMILES string of the molecule is CC1(C)CCN(CCOc2ccc(CC#N)cc2)CCS1. The van der Waals surface area contributed by atoms with E-state index in [-0.39, 0.29) is 0 Å². The van der Waals surface area contributed by atoms with Crippen molar-refractivity contribution in [2.75, 3.05) is 32.0 Å². The maximum absolute atomic E-state index is 8.65. The molecule has 1 fully saturated rings. The van der Waals surface area contributed by atoms with E-state index in [1.54, 1.807) is 0 Å². The zero-order chi connectivity index (χ0) is 15.1. The summed E-state index contributed by atoms with van der Waals surface area (Å²) in [4.78, 5) is 2.49. The predicted molar refractivity (Wildman–Crippen MR) is 88.8 cm³/mol. The first-order chi connectivity index (χ1) is 10.1. The summed E-state index contributed by atoms with van der Waals surface area (Å²) in [7, 11) is 0. The summed E-state index contributed by atoms with van der Waals surface area (Å²) in [5.74, 6) is 2.09. The molecule has 0 aromatic heterocycles. The Hall–Kier alpha value is -1.18. The van der Waals surface area contributed by atoms with Gasteiger partial charge in [-0.15, -0.1) is 0 Å². The third-order valence-electron chi connectivity index (χ3n) is 3.81. The number of hydrogen-bond acceptors (Lipinski definition) is 4. The third-order valence-corrected chi connectivity index (χ3v) is 5.19. The van der Waals surface area contributed by atoms with Crippen molar-refractivity contribution in [1.82, 2.24) is 4.90 Å². The maximum atomic E-state index is 8.65. The summed E-state index contributed by atoms with van der Waals surface area (Å²) >= 11 is 2.07. The number of hydrogen-bond donors (Lipinski definition) is 0. The predicted octanol–water partition coefficient (Wildman–Crippen LogP) is 3.35. The van der Waals surface area contributed by atoms with Crippen LogP contribution in [0, 0.1) is 11.3 Å². The number of nitriles is 1. The Bertz CT molecular complexity index is 479. The van der Waals surface area contributed by atoms with Crippen LogP contribution in [0.3, 0.4) is 0 Å². The van der Waals surface area contributed by atoms with E-state index in [1.807, 2.05) is 24.3 Å². The molecule has 1 aromatic carbocycles. The topological polar surface area (TPSA) is 36.3 Å². The number of rotatable bonds is 5. The minimum Gasteiger partial charge on any atom is -0.492 e. The molecule has 0 amide bonds. The number of benzene rings is 1. The van der Waals surface area contributed by atoms with Crippen molar-refractivity contribution in [3.05, 3.63) is 29.8 Å². The molecule has 2 rings (SSSR count). The molecule has 3 nitrogen and oxygen atoms in total. The summed E-state index contributed by atoms with van der Waals surface area (Å²) in [6.45, 7) is 8.68. The average Bonchev–Trinajstić information content (AvgIpc) is 2.62. The molecule has 1 aliphatic rings. The molecule has 0 unspecified atom stereocenters. The van der Waals surface area contributed by atoms with E-state index >= 15 is 0 Å². The minimum atomic E-state index is 0.409. The molecule has 1 saturated heterocycles. The zero-order valence-electron chi connectivity index (χ0n) is 13.0. The highest BCUT2D eigenvalue weighted by Crippen LogP contribution is 2.30. The van der Waals surface area contributed by atoms with Crippen LogP contribution in [0.5, 0.6) is 5.75 Å². The molecule has 0 N–H and O–H groups in total. The molecule has 114 valence electrons. The Morgan fingerprint density at radius 3 is 2.76 bits per heavy atom. The van der Waals surface area contributed by atoms with Crippen LogP contribution in [0.15, 0.2) is 24.3 Å². The van der Waals surface area contributed by atoms with Crippen molar-refractivity contribution >= 4 is 11.8 Å². The lowest BCUT2D eigenvalue weighted by molar-refractivity contribution is 0.214. The van der Waals surface area contributed by atoms with E-state index in [1.165, 1.54) is 12.2 Å². The summed E-state index contributed by atoms with van der Waals surface area (Å²) in [6, 6.07) is 9.98. The Balaban J connectivity index is 1.73. The fourth-order valence-electron chi connectivity index (χ4n) is 2.37. The molecule has 0 atom stereocenters. The molecule has 4 heteroatoms. The Kier molecular flexibility index (Phi) is 5.96. The monoisotopic (exact) mass is 304 g/mol. The fourth-order valence-corrected chi connectivity index (χ4v) is 3.51. The molecule has 21 heavy (non-hydrogen) atoms. The second kappa shape index (κ2) is 7.72. The van der Waals surface area contributed by atoms with E-state index in [4.69, 9.17) is 10.00 Å². The highest BCUT2D eigenvalue weighted by Gasteiger charge is 2.23. The molecular weight excluding hydrogens is 280 g/mol. The second-order valence-corrected chi connectivity index (χ2v) is 7.83. The van der Waals surface area contributed by atoms with Crippen LogP contribution in [0.25, 0.3) is 0 Å². The molecule has 1 heterocycles. The van der Waals surface area contributed by atoms with Gasteiger partial charge in [-0.25, -0.2) is 0 Å². The average molecular weight is 304 g/mol. The smallest absolute Gasteiger partial charge is 0.119 e. The fraction of sp³-hybridized carbons (Fsp3) is 0.588. The molecule has 0 radical (unpaired) electrons. The van der Waals surface area contributed by atoms with Gasteiger partial charge in [0.05, 0.1) is 12.5 Å². The van der Waals surface area contributed by atoms with Gasteiger partial charge in [0.2, 0.25) is 0 Å². The van der Waals surface area contributed by atoms with E-state index in [2.05, 4.69) is 36.6 Å². The third kappa shape index (κ3) is 5.61. The quantitative estimate of drug-likeness (QED) is 0.836. The van der Waals surface area contributed by atoms with Crippen LogP contribution in [-0.4, -0.2) is 41.6 Å². The van der Waals surface area contributed by atoms with Crippen molar-refractivity contribution < 1.29 is 4.74 Å². The molecule has 0 aliphatic carbocycles. The first kappa shape index (κ1) is 16.2. The van der Waals surface area contributed by atoms with Gasteiger partial charge in [-0.2, -0.15) is 17.0 Å². The van der Waals surface area contributed by atoms with Crippen molar-refractivity contribution in [2.45, 2.75) is 31.4 Å². The van der Waals surface area contributed by atoms with Gasteiger partial charge in [-0.3, -0.25) is 4.90 Å². The lowest BCUT2D eigenvalue weighted by Crippen LogP contribution is -2.31. The summed E-state index contributed by atoms with van der Waals surface area (Å²) in [5, 5.41) is 8.65. The van der Waals surface area contributed by atoms with Crippen LogP contribution in [0.2, 0.25) is 0 Å². The van der Waals surface area contributed by atoms with Gasteiger partial charge in [0, 0.05) is 23.6 Å². The van der Waals surface area contributed by atoms with Crippen LogP contribution in [-0.2, 0) is 6.42 Å². The van der Waals surface area contributed by atoms with E-state index in [9.17, 15) is 0 Å². The second-order valence-electron chi connectivity index (χ2n) is 6.03. The van der Waals surface area contributed by atoms with Gasteiger partial charge in [0.25, 0.3) is 0 Å². The van der Waals surface area contributed by atoms with Gasteiger partial charge in [-0.1, -0.05) is 26.0 Å². The molecular formula is C17H24N2OS. The van der Waals surface area contributed by atoms with Gasteiger partial charge in [-0.05, 0) is 30.7 Å². The molecule has 0 bridgehead atoms. The Morgan fingerprint density at radius 1 is 1.29 bits per heavy atom. The maximum Gasteiger partial charge on any atom is 0.119 e. The van der Waals surface area contributed by atoms with Crippen LogP contribution in [0.4, 0.5) is 0 Å². The summed E-state index contributed by atoms with van der Waals surface area (Å²) in [5.41, 5.74) is 1.04. The molecule has 0 saturated carbocycles. The van der Waals surface area contributed by atoms with E-state index in [0.29, 0.717) is 11.2 Å². The summed E-state index contributed by atoms with van der Waals surface area (Å²) < 4.78 is 6.21. The molecule has 1 aromatic rings. The van der Waals surface area contributed by atoms with Gasteiger partial charge >= 0.3 is 0 Å². The van der Waals surface area contributed by atoms with E-state index < -0.39 is 0 Å². The Labute approximate surface area is 132 Å². The van der Waals surface area contributed by atoms with Gasteiger partial charge in [0.15, 0.2) is 0 Å². The highest BCUT2D eigenvalue weighted by atomic mass is 32.2. The van der Waals surface area contributed by atoms with Gasteiger partial charge in [0.1, 0.15) is 12.4 Å². The van der Waals surface area contributed by atoms with Crippen LogP contribution < -0.4 is 4.74 Å². The number of ether oxygens (including phenoxy) is 1. The van der Waals surface area contributed by atoms with Crippen LogP contribution >= 0.6 is 11.8 Å². The largest absolute Gasteiger partial charge is 0.492 e. The normalized spacial score (nSPS) is 18.7. The molecule has 0 spiro atoms. The van der Waals surface area contributed by atoms with Crippen LogP contribution in [0.1, 0.15) is 25.8 Å². The van der Waals surface area contributed by atoms with E-state index in [0.717, 1.165) is 37.6 Å². The molecule has 1 aliphatic heterocycles. The van der Waals surface area contributed by atoms with Crippen molar-refractivity contribution in [3.8, 4) is 11.8 Å². The van der Waals surface area contributed by atoms with Crippen molar-refractivity contribution in [2.24, 2.45) is 0 Å². The number of nitrogens with zero attached hydrogens (tertiary/aromatic N) is 2. The first-order valence-electron chi connectivity index (χ1n) is 7.54. The summed E-state index contributed by atoms with van der Waals surface area (Å²) in [6.07, 6.45) is 1.70. The Morgan fingerprint density at radius 2 is 2.05 bits per heavy atom. The zero-order valence-corrected chi connectivity index (χ0v) is 13.8. The highest BCUT2D eigenvalue weighted by molar-refractivity contribution is 8.00. The first-order valence-corrected chi connectivity index (χ1v) is 8.53. The lowest BCUT2D eigenvalue weighted by atomic mass is 10.1.